The van der Waals surface area contributed by atoms with Crippen molar-refractivity contribution in [3.8, 4) is 0 Å². The molecule has 0 aliphatic heterocycles. The summed E-state index contributed by atoms with van der Waals surface area (Å²) in [4.78, 5) is 0.395. The summed E-state index contributed by atoms with van der Waals surface area (Å²) in [6.45, 7) is 3.12. The fourth-order valence-corrected chi connectivity index (χ4v) is 3.74. The Kier molecular flexibility index (Phi) is 5.82. The highest BCUT2D eigenvalue weighted by Gasteiger charge is 2.17. The van der Waals surface area contributed by atoms with Crippen LogP contribution < -0.4 is 5.32 Å². The maximum atomic E-state index is 11.4. The van der Waals surface area contributed by atoms with E-state index in [-0.39, 0.29) is 0 Å². The molecule has 1 aromatic carbocycles. The molecule has 4 heteroatoms. The summed E-state index contributed by atoms with van der Waals surface area (Å²) in [6, 6.07) is 7.83. The van der Waals surface area contributed by atoms with Gasteiger partial charge in [-0.15, -0.1) is 0 Å². The first kappa shape index (κ1) is 16.5. The lowest BCUT2D eigenvalue weighted by Gasteiger charge is -2.16. The van der Waals surface area contributed by atoms with E-state index in [9.17, 15) is 8.42 Å². The molecule has 0 spiro atoms. The average Bonchev–Trinajstić information content (AvgIpc) is 2.69. The fraction of sp³-hybridized carbons (Fsp3) is 0.647. The Morgan fingerprint density at radius 2 is 1.81 bits per heavy atom. The summed E-state index contributed by atoms with van der Waals surface area (Å²) in [7, 11) is -3.09. The second-order valence-corrected chi connectivity index (χ2v) is 8.29. The maximum absolute atomic E-state index is 11.4. The lowest BCUT2D eigenvalue weighted by Crippen LogP contribution is -2.27. The minimum absolute atomic E-state index is 0.395. The van der Waals surface area contributed by atoms with E-state index in [1.165, 1.54) is 44.8 Å². The van der Waals surface area contributed by atoms with E-state index in [1.54, 1.807) is 12.1 Å². The molecule has 2 unspecified atom stereocenters. The molecule has 2 atom stereocenters. The normalized spacial score (nSPS) is 23.7. The number of sulfone groups is 1. The molecule has 1 aliphatic rings. The Balaban J connectivity index is 1.85. The molecule has 1 aliphatic carbocycles. The predicted octanol–water partition coefficient (Wildman–Crippen LogP) is 3.54. The lowest BCUT2D eigenvalue weighted by molar-refractivity contribution is 0.425. The molecule has 1 aromatic rings. The minimum atomic E-state index is -3.09. The van der Waals surface area contributed by atoms with E-state index >= 15 is 0 Å². The largest absolute Gasteiger partial charge is 0.310 e. The summed E-state index contributed by atoms with van der Waals surface area (Å²) in [6.07, 6.45) is 9.11. The van der Waals surface area contributed by atoms with Gasteiger partial charge in [-0.1, -0.05) is 38.3 Å². The summed E-state index contributed by atoms with van der Waals surface area (Å²) in [5, 5.41) is 3.63. The zero-order chi connectivity index (χ0) is 15.3. The van der Waals surface area contributed by atoms with Crippen molar-refractivity contribution < 1.29 is 8.42 Å². The smallest absolute Gasteiger partial charge is 0.175 e. The van der Waals surface area contributed by atoms with Crippen molar-refractivity contribution in [2.45, 2.75) is 62.9 Å². The number of benzene rings is 1. The molecule has 0 heterocycles. The Bertz CT molecular complexity index is 536. The summed E-state index contributed by atoms with van der Waals surface area (Å²) in [5.41, 5.74) is 1.15. The fourth-order valence-electron chi connectivity index (χ4n) is 3.11. The van der Waals surface area contributed by atoms with Gasteiger partial charge >= 0.3 is 0 Å². The summed E-state index contributed by atoms with van der Waals surface area (Å²) in [5.74, 6) is 0.908. The lowest BCUT2D eigenvalue weighted by atomic mass is 9.98. The maximum Gasteiger partial charge on any atom is 0.175 e. The number of hydrogen-bond acceptors (Lipinski definition) is 3. The van der Waals surface area contributed by atoms with Crippen LogP contribution in [0.3, 0.4) is 0 Å². The van der Waals surface area contributed by atoms with Gasteiger partial charge in [0.1, 0.15) is 0 Å². The highest BCUT2D eigenvalue weighted by molar-refractivity contribution is 7.90. The molecule has 0 aromatic heterocycles. The zero-order valence-corrected chi connectivity index (χ0v) is 14.0. The molecule has 1 N–H and O–H groups in total. The second-order valence-electron chi connectivity index (χ2n) is 6.28. The van der Waals surface area contributed by atoms with Crippen LogP contribution in [0.4, 0.5) is 0 Å². The molecule has 3 nitrogen and oxygen atoms in total. The molecular weight excluding hydrogens is 282 g/mol. The number of hydrogen-bond donors (Lipinski definition) is 1. The third-order valence-corrected chi connectivity index (χ3v) is 5.74. The summed E-state index contributed by atoms with van der Waals surface area (Å²) >= 11 is 0. The van der Waals surface area contributed by atoms with Crippen LogP contribution >= 0.6 is 0 Å². The quantitative estimate of drug-likeness (QED) is 0.846. The van der Waals surface area contributed by atoms with Crippen LogP contribution in [0.2, 0.25) is 0 Å². The molecule has 2 rings (SSSR count). The Morgan fingerprint density at radius 1 is 1.10 bits per heavy atom. The van der Waals surface area contributed by atoms with Gasteiger partial charge in [0.05, 0.1) is 4.90 Å². The van der Waals surface area contributed by atoms with Gasteiger partial charge in [-0.05, 0) is 42.9 Å². The number of nitrogens with one attached hydrogen (secondary N) is 1. The van der Waals surface area contributed by atoms with Gasteiger partial charge in [0.2, 0.25) is 0 Å². The molecule has 0 radical (unpaired) electrons. The standard InChI is InChI=1S/C17H27NO2S/c1-3-14-5-4-6-16(10-7-14)18-13-15-8-11-17(12-9-15)21(2,19)20/h8-9,11-12,14,16,18H,3-7,10,13H2,1-2H3. The third-order valence-electron chi connectivity index (χ3n) is 4.61. The van der Waals surface area contributed by atoms with Gasteiger partial charge < -0.3 is 5.32 Å². The van der Waals surface area contributed by atoms with E-state index in [0.717, 1.165) is 18.0 Å². The Hall–Kier alpha value is -0.870. The topological polar surface area (TPSA) is 46.2 Å². The van der Waals surface area contributed by atoms with Crippen molar-refractivity contribution in [2.24, 2.45) is 5.92 Å². The first-order chi connectivity index (χ1) is 9.99. The molecule has 0 saturated heterocycles. The molecule has 0 bridgehead atoms. The monoisotopic (exact) mass is 309 g/mol. The third kappa shape index (κ3) is 5.11. The van der Waals surface area contributed by atoms with Crippen LogP contribution in [0.15, 0.2) is 29.2 Å². The van der Waals surface area contributed by atoms with Crippen molar-refractivity contribution in [3.63, 3.8) is 0 Å². The van der Waals surface area contributed by atoms with Gasteiger partial charge in [-0.2, -0.15) is 0 Å². The first-order valence-electron chi connectivity index (χ1n) is 8.01. The second kappa shape index (κ2) is 7.41. The van der Waals surface area contributed by atoms with E-state index in [4.69, 9.17) is 0 Å². The molecule has 1 saturated carbocycles. The zero-order valence-electron chi connectivity index (χ0n) is 13.1. The highest BCUT2D eigenvalue weighted by atomic mass is 32.2. The van der Waals surface area contributed by atoms with Crippen LogP contribution in [-0.4, -0.2) is 20.7 Å². The first-order valence-corrected chi connectivity index (χ1v) is 9.90. The van der Waals surface area contributed by atoms with Crippen molar-refractivity contribution in [3.05, 3.63) is 29.8 Å². The van der Waals surface area contributed by atoms with Crippen molar-refractivity contribution in [2.75, 3.05) is 6.26 Å². The predicted molar refractivity (Wildman–Crippen MR) is 87.0 cm³/mol. The number of rotatable bonds is 5. The van der Waals surface area contributed by atoms with Gasteiger partial charge in [-0.3, -0.25) is 0 Å². The van der Waals surface area contributed by atoms with Crippen molar-refractivity contribution >= 4 is 9.84 Å². The molecule has 0 amide bonds. The van der Waals surface area contributed by atoms with E-state index in [0.29, 0.717) is 10.9 Å². The highest BCUT2D eigenvalue weighted by Crippen LogP contribution is 2.25. The van der Waals surface area contributed by atoms with E-state index in [1.807, 2.05) is 12.1 Å². The van der Waals surface area contributed by atoms with Crippen LogP contribution in [0.1, 0.15) is 51.0 Å². The van der Waals surface area contributed by atoms with E-state index < -0.39 is 9.84 Å². The van der Waals surface area contributed by atoms with Crippen molar-refractivity contribution in [1.29, 1.82) is 0 Å². The Labute approximate surface area is 129 Å². The van der Waals surface area contributed by atoms with Crippen LogP contribution in [0.5, 0.6) is 0 Å². The van der Waals surface area contributed by atoms with Gasteiger partial charge in [0, 0.05) is 18.8 Å². The van der Waals surface area contributed by atoms with Gasteiger partial charge in [0.25, 0.3) is 0 Å². The molecule has 21 heavy (non-hydrogen) atoms. The van der Waals surface area contributed by atoms with Crippen molar-refractivity contribution in [1.82, 2.24) is 5.32 Å². The SMILES string of the molecule is CCC1CCCC(NCc2ccc(S(C)(=O)=O)cc2)CC1. The molecule has 118 valence electrons. The molecular formula is C17H27NO2S. The van der Waals surface area contributed by atoms with Gasteiger partial charge in [-0.25, -0.2) is 8.42 Å². The minimum Gasteiger partial charge on any atom is -0.310 e. The summed E-state index contributed by atoms with van der Waals surface area (Å²) < 4.78 is 22.9. The van der Waals surface area contributed by atoms with Crippen LogP contribution in [0, 0.1) is 5.92 Å². The van der Waals surface area contributed by atoms with Gasteiger partial charge in [0.15, 0.2) is 9.84 Å². The average molecular weight is 309 g/mol. The molecule has 1 fully saturated rings. The van der Waals surface area contributed by atoms with E-state index in [2.05, 4.69) is 12.2 Å². The van der Waals surface area contributed by atoms with Crippen LogP contribution in [0.25, 0.3) is 0 Å². The Morgan fingerprint density at radius 3 is 2.43 bits per heavy atom. The van der Waals surface area contributed by atoms with Crippen LogP contribution in [-0.2, 0) is 16.4 Å².